The molecule has 0 saturated heterocycles. The van der Waals surface area contributed by atoms with E-state index in [-0.39, 0.29) is 0 Å². The summed E-state index contributed by atoms with van der Waals surface area (Å²) in [5.41, 5.74) is 1.31. The summed E-state index contributed by atoms with van der Waals surface area (Å²) in [6.07, 6.45) is 5.27. The van der Waals surface area contributed by atoms with Crippen molar-refractivity contribution in [2.45, 2.75) is 19.9 Å². The van der Waals surface area contributed by atoms with Crippen molar-refractivity contribution in [3.05, 3.63) is 35.9 Å². The van der Waals surface area contributed by atoms with Crippen LogP contribution in [0.2, 0.25) is 0 Å². The number of aliphatic imine (C=N–C) groups is 1. The van der Waals surface area contributed by atoms with Crippen LogP contribution in [0.4, 0.5) is 0 Å². The highest BCUT2D eigenvalue weighted by atomic mass is 15.2. The molecule has 0 spiro atoms. The Labute approximate surface area is 128 Å². The van der Waals surface area contributed by atoms with Crippen LogP contribution >= 0.6 is 0 Å². The highest BCUT2D eigenvalue weighted by Gasteiger charge is 2.17. The van der Waals surface area contributed by atoms with Crippen LogP contribution in [0.5, 0.6) is 0 Å². The lowest BCUT2D eigenvalue weighted by molar-refractivity contribution is 0.219. The molecule has 1 aromatic carbocycles. The number of likely N-dealkylation sites (N-methyl/N-ethyl adjacent to an activating group) is 1. The van der Waals surface area contributed by atoms with Crippen molar-refractivity contribution in [3.63, 3.8) is 0 Å². The van der Waals surface area contributed by atoms with Crippen LogP contribution in [0.15, 0.2) is 35.3 Å². The molecule has 0 fully saturated rings. The molecule has 1 unspecified atom stereocenters. The van der Waals surface area contributed by atoms with Gasteiger partial charge in [-0.25, -0.2) is 0 Å². The minimum atomic E-state index is 0.311. The van der Waals surface area contributed by atoms with Gasteiger partial charge in [0.1, 0.15) is 0 Å². The fraction of sp³-hybridized carbons (Fsp3) is 0.471. The van der Waals surface area contributed by atoms with E-state index in [1.54, 1.807) is 7.05 Å². The largest absolute Gasteiger partial charge is 0.354 e. The van der Waals surface area contributed by atoms with E-state index < -0.39 is 0 Å². The van der Waals surface area contributed by atoms with Crippen molar-refractivity contribution < 1.29 is 0 Å². The minimum absolute atomic E-state index is 0.311. The SMILES string of the molecule is C#CCNC(=NC)NCC(c1ccccc1)N(CC)CC. The van der Waals surface area contributed by atoms with Crippen LogP contribution in [0.3, 0.4) is 0 Å². The van der Waals surface area contributed by atoms with Crippen LogP contribution in [0, 0.1) is 12.3 Å². The first kappa shape index (κ1) is 17.1. The highest BCUT2D eigenvalue weighted by Crippen LogP contribution is 2.19. The lowest BCUT2D eigenvalue weighted by Gasteiger charge is -2.30. The maximum Gasteiger partial charge on any atom is 0.191 e. The first-order chi connectivity index (χ1) is 10.3. The van der Waals surface area contributed by atoms with E-state index >= 15 is 0 Å². The van der Waals surface area contributed by atoms with Crippen molar-refractivity contribution >= 4 is 5.96 Å². The minimum Gasteiger partial charge on any atom is -0.354 e. The predicted molar refractivity (Wildman–Crippen MR) is 90.3 cm³/mol. The summed E-state index contributed by atoms with van der Waals surface area (Å²) in [6.45, 7) is 7.65. The van der Waals surface area contributed by atoms with Gasteiger partial charge in [-0.15, -0.1) is 6.42 Å². The predicted octanol–water partition coefficient (Wildman–Crippen LogP) is 1.87. The zero-order chi connectivity index (χ0) is 15.5. The van der Waals surface area contributed by atoms with Gasteiger partial charge in [-0.1, -0.05) is 50.1 Å². The summed E-state index contributed by atoms with van der Waals surface area (Å²) in [6, 6.07) is 10.9. The lowest BCUT2D eigenvalue weighted by Crippen LogP contribution is -2.43. The molecule has 21 heavy (non-hydrogen) atoms. The van der Waals surface area contributed by atoms with E-state index in [2.05, 4.69) is 64.6 Å². The first-order valence-corrected chi connectivity index (χ1v) is 7.43. The molecule has 0 aliphatic rings. The summed E-state index contributed by atoms with van der Waals surface area (Å²) in [4.78, 5) is 6.61. The van der Waals surface area contributed by atoms with Gasteiger partial charge in [0.25, 0.3) is 0 Å². The number of hydrogen-bond donors (Lipinski definition) is 2. The molecule has 4 heteroatoms. The van der Waals surface area contributed by atoms with Crippen molar-refractivity contribution in [2.24, 2.45) is 4.99 Å². The van der Waals surface area contributed by atoms with Crippen molar-refractivity contribution in [1.82, 2.24) is 15.5 Å². The van der Waals surface area contributed by atoms with Crippen molar-refractivity contribution in [1.29, 1.82) is 0 Å². The molecule has 0 amide bonds. The van der Waals surface area contributed by atoms with Crippen LogP contribution in [0.1, 0.15) is 25.5 Å². The van der Waals surface area contributed by atoms with Gasteiger partial charge in [-0.3, -0.25) is 9.89 Å². The summed E-state index contributed by atoms with van der Waals surface area (Å²) >= 11 is 0. The number of guanidine groups is 1. The fourth-order valence-electron chi connectivity index (χ4n) is 2.35. The van der Waals surface area contributed by atoms with Crippen molar-refractivity contribution in [3.8, 4) is 12.3 Å². The van der Waals surface area contributed by atoms with Gasteiger partial charge < -0.3 is 10.6 Å². The normalized spacial score (nSPS) is 12.8. The van der Waals surface area contributed by atoms with Crippen LogP contribution in [-0.2, 0) is 0 Å². The molecule has 1 atom stereocenters. The average Bonchev–Trinajstić information content (AvgIpc) is 2.54. The first-order valence-electron chi connectivity index (χ1n) is 7.43. The Bertz CT molecular complexity index is 457. The number of terminal acetylenes is 1. The summed E-state index contributed by atoms with van der Waals surface area (Å²) in [5, 5.41) is 6.44. The van der Waals surface area contributed by atoms with E-state index in [1.807, 2.05) is 6.07 Å². The molecule has 0 aliphatic carbocycles. The molecule has 0 bridgehead atoms. The molecular weight excluding hydrogens is 260 g/mol. The fourth-order valence-corrected chi connectivity index (χ4v) is 2.35. The average molecular weight is 286 g/mol. The van der Waals surface area contributed by atoms with E-state index in [9.17, 15) is 0 Å². The molecule has 0 radical (unpaired) electrons. The second-order valence-electron chi connectivity index (χ2n) is 4.66. The zero-order valence-corrected chi connectivity index (χ0v) is 13.3. The Morgan fingerprint density at radius 1 is 1.24 bits per heavy atom. The van der Waals surface area contributed by atoms with Gasteiger partial charge in [0.15, 0.2) is 5.96 Å². The van der Waals surface area contributed by atoms with Gasteiger partial charge in [-0.05, 0) is 18.7 Å². The maximum absolute atomic E-state index is 5.27. The smallest absolute Gasteiger partial charge is 0.191 e. The van der Waals surface area contributed by atoms with E-state index in [0.717, 1.165) is 25.6 Å². The number of hydrogen-bond acceptors (Lipinski definition) is 2. The molecule has 0 aromatic heterocycles. The Balaban J connectivity index is 2.77. The van der Waals surface area contributed by atoms with Gasteiger partial charge >= 0.3 is 0 Å². The third kappa shape index (κ3) is 5.49. The van der Waals surface area contributed by atoms with Gasteiger partial charge in [0, 0.05) is 13.6 Å². The van der Waals surface area contributed by atoms with Crippen LogP contribution < -0.4 is 10.6 Å². The van der Waals surface area contributed by atoms with E-state index in [4.69, 9.17) is 6.42 Å². The summed E-state index contributed by atoms with van der Waals surface area (Å²) in [7, 11) is 1.75. The third-order valence-electron chi connectivity index (χ3n) is 3.48. The molecule has 4 nitrogen and oxygen atoms in total. The molecule has 0 heterocycles. The molecule has 0 aliphatic heterocycles. The number of benzene rings is 1. The van der Waals surface area contributed by atoms with Crippen LogP contribution in [-0.4, -0.2) is 44.1 Å². The van der Waals surface area contributed by atoms with Crippen LogP contribution in [0.25, 0.3) is 0 Å². The molecule has 114 valence electrons. The standard InChI is InChI=1S/C17H26N4/c1-5-13-19-17(18-4)20-14-16(21(6-2)7-3)15-11-9-8-10-12-15/h1,8-12,16H,6-7,13-14H2,2-4H3,(H2,18,19,20). The molecule has 1 rings (SSSR count). The Hall–Kier alpha value is -1.99. The van der Waals surface area contributed by atoms with Gasteiger partial charge in [-0.2, -0.15) is 0 Å². The Morgan fingerprint density at radius 3 is 2.43 bits per heavy atom. The molecular formula is C17H26N4. The number of nitrogens with one attached hydrogen (secondary N) is 2. The molecule has 1 aromatic rings. The molecule has 2 N–H and O–H groups in total. The summed E-state index contributed by atoms with van der Waals surface area (Å²) < 4.78 is 0. The molecule has 0 saturated carbocycles. The second kappa shape index (κ2) is 9.84. The maximum atomic E-state index is 5.27. The summed E-state index contributed by atoms with van der Waals surface area (Å²) in [5.74, 6) is 3.29. The zero-order valence-electron chi connectivity index (χ0n) is 13.3. The topological polar surface area (TPSA) is 39.7 Å². The van der Waals surface area contributed by atoms with Crippen molar-refractivity contribution in [2.75, 3.05) is 33.2 Å². The van der Waals surface area contributed by atoms with E-state index in [0.29, 0.717) is 12.6 Å². The lowest BCUT2D eigenvalue weighted by atomic mass is 10.1. The van der Waals surface area contributed by atoms with Gasteiger partial charge in [0.2, 0.25) is 0 Å². The number of rotatable bonds is 7. The number of nitrogens with zero attached hydrogens (tertiary/aromatic N) is 2. The Kier molecular flexibility index (Phi) is 8.00. The van der Waals surface area contributed by atoms with E-state index in [1.165, 1.54) is 5.56 Å². The monoisotopic (exact) mass is 286 g/mol. The highest BCUT2D eigenvalue weighted by molar-refractivity contribution is 5.79. The second-order valence-corrected chi connectivity index (χ2v) is 4.66. The third-order valence-corrected chi connectivity index (χ3v) is 3.48. The Morgan fingerprint density at radius 2 is 1.90 bits per heavy atom. The quantitative estimate of drug-likeness (QED) is 0.457. The van der Waals surface area contributed by atoms with Gasteiger partial charge in [0.05, 0.1) is 12.6 Å².